The minimum atomic E-state index is -0.599. The SMILES string of the molecule is COc1cc(/C=C/C2=NCC3(c4ccc(F)cc4)CCN(C)C(=O)N23)ccc1-n1cnc(C)c1. The lowest BCUT2D eigenvalue weighted by Crippen LogP contribution is -2.59. The quantitative estimate of drug-likeness (QED) is 0.568. The number of rotatable bonds is 5. The normalized spacial score (nSPS) is 20.1. The predicted octanol–water partition coefficient (Wildman–Crippen LogP) is 4.41. The predicted molar refractivity (Wildman–Crippen MR) is 129 cm³/mol. The van der Waals surface area contributed by atoms with Crippen molar-refractivity contribution in [2.24, 2.45) is 4.99 Å². The van der Waals surface area contributed by atoms with Crippen LogP contribution in [0.3, 0.4) is 0 Å². The molecule has 3 aromatic rings. The van der Waals surface area contributed by atoms with Crippen LogP contribution in [0.25, 0.3) is 11.8 Å². The van der Waals surface area contributed by atoms with E-state index in [1.54, 1.807) is 42.4 Å². The van der Waals surface area contributed by atoms with Crippen LogP contribution in [0.1, 0.15) is 23.2 Å². The molecule has 0 radical (unpaired) electrons. The Balaban J connectivity index is 1.45. The number of halogens is 1. The smallest absolute Gasteiger partial charge is 0.326 e. The molecule has 0 bridgehead atoms. The van der Waals surface area contributed by atoms with Gasteiger partial charge in [-0.3, -0.25) is 9.89 Å². The minimum Gasteiger partial charge on any atom is -0.495 e. The second-order valence-corrected chi connectivity index (χ2v) is 8.69. The zero-order valence-corrected chi connectivity index (χ0v) is 19.4. The molecule has 2 aromatic carbocycles. The van der Waals surface area contributed by atoms with Crippen molar-refractivity contribution in [3.05, 3.63) is 83.7 Å². The molecule has 3 heterocycles. The van der Waals surface area contributed by atoms with Crippen molar-refractivity contribution in [2.75, 3.05) is 27.2 Å². The van der Waals surface area contributed by atoms with Crippen LogP contribution >= 0.6 is 0 Å². The number of aliphatic imine (C=N–C) groups is 1. The lowest BCUT2D eigenvalue weighted by atomic mass is 9.84. The van der Waals surface area contributed by atoms with Gasteiger partial charge in [-0.1, -0.05) is 24.3 Å². The van der Waals surface area contributed by atoms with E-state index in [9.17, 15) is 9.18 Å². The Morgan fingerprint density at radius 1 is 1.15 bits per heavy atom. The summed E-state index contributed by atoms with van der Waals surface area (Å²) in [6.45, 7) is 3.00. The van der Waals surface area contributed by atoms with Gasteiger partial charge in [0.1, 0.15) is 17.4 Å². The van der Waals surface area contributed by atoms with Crippen LogP contribution in [0.5, 0.6) is 5.75 Å². The van der Waals surface area contributed by atoms with Crippen molar-refractivity contribution in [1.82, 2.24) is 19.4 Å². The van der Waals surface area contributed by atoms with Crippen molar-refractivity contribution in [3.63, 3.8) is 0 Å². The molecule has 0 N–H and O–H groups in total. The Kier molecular flexibility index (Phi) is 5.43. The minimum absolute atomic E-state index is 0.111. The van der Waals surface area contributed by atoms with E-state index in [2.05, 4.69) is 4.98 Å². The standard InChI is InChI=1S/C26H26FN5O2/c1-18-15-31(17-29-18)22-10-4-19(14-23(22)34-3)5-11-24-28-16-26(20-6-8-21(27)9-7-20)12-13-30(2)25(33)32(24)26/h4-11,14-15,17H,12-13,16H2,1-3H3/b11-5+. The van der Waals surface area contributed by atoms with Gasteiger partial charge in [0.25, 0.3) is 0 Å². The summed E-state index contributed by atoms with van der Waals surface area (Å²) in [7, 11) is 3.43. The van der Waals surface area contributed by atoms with Crippen molar-refractivity contribution in [1.29, 1.82) is 0 Å². The van der Waals surface area contributed by atoms with Gasteiger partial charge in [-0.25, -0.2) is 14.2 Å². The number of hydrogen-bond acceptors (Lipinski definition) is 4. The molecule has 1 unspecified atom stereocenters. The van der Waals surface area contributed by atoms with Gasteiger partial charge in [-0.05, 0) is 54.8 Å². The van der Waals surface area contributed by atoms with Crippen LogP contribution in [-0.4, -0.2) is 58.5 Å². The van der Waals surface area contributed by atoms with Crippen LogP contribution in [0.2, 0.25) is 0 Å². The first-order valence-corrected chi connectivity index (χ1v) is 11.1. The maximum atomic E-state index is 13.6. The average molecular weight is 460 g/mol. The van der Waals surface area contributed by atoms with Gasteiger partial charge in [0, 0.05) is 19.8 Å². The number of fused-ring (bicyclic) bond motifs is 1. The second kappa shape index (κ2) is 8.44. The Bertz CT molecular complexity index is 1300. The van der Waals surface area contributed by atoms with Crippen LogP contribution in [0.15, 0.2) is 66.1 Å². The molecule has 0 saturated carbocycles. The molecule has 174 valence electrons. The number of ether oxygens (including phenoxy) is 1. The van der Waals surface area contributed by atoms with Crippen molar-refractivity contribution >= 4 is 17.9 Å². The molecular weight excluding hydrogens is 433 g/mol. The average Bonchev–Trinajstić information content (AvgIpc) is 3.45. The van der Waals surface area contributed by atoms with E-state index in [-0.39, 0.29) is 11.8 Å². The summed E-state index contributed by atoms with van der Waals surface area (Å²) in [4.78, 5) is 25.7. The Morgan fingerprint density at radius 2 is 1.94 bits per heavy atom. The Hall–Kier alpha value is -3.94. The summed E-state index contributed by atoms with van der Waals surface area (Å²) in [6.07, 6.45) is 8.19. The summed E-state index contributed by atoms with van der Waals surface area (Å²) in [5.41, 5.74) is 3.02. The van der Waals surface area contributed by atoms with Crippen LogP contribution in [-0.2, 0) is 5.54 Å². The fraction of sp³-hybridized carbons (Fsp3) is 0.269. The van der Waals surface area contributed by atoms with Gasteiger partial charge in [-0.15, -0.1) is 0 Å². The summed E-state index contributed by atoms with van der Waals surface area (Å²) < 4.78 is 21.1. The molecule has 2 aliphatic heterocycles. The lowest BCUT2D eigenvalue weighted by Gasteiger charge is -2.45. The number of imidazole rings is 1. The molecular formula is C26H26FN5O2. The number of amidine groups is 1. The highest BCUT2D eigenvalue weighted by Gasteiger charge is 2.50. The van der Waals surface area contributed by atoms with Crippen molar-refractivity contribution < 1.29 is 13.9 Å². The summed E-state index contributed by atoms with van der Waals surface area (Å²) in [6, 6.07) is 12.2. The third kappa shape index (κ3) is 3.65. The first-order valence-electron chi connectivity index (χ1n) is 11.1. The third-order valence-corrected chi connectivity index (χ3v) is 6.54. The van der Waals surface area contributed by atoms with Gasteiger partial charge in [0.2, 0.25) is 0 Å². The summed E-state index contributed by atoms with van der Waals surface area (Å²) >= 11 is 0. The van der Waals surface area contributed by atoms with Crippen LogP contribution in [0.4, 0.5) is 9.18 Å². The molecule has 0 spiro atoms. The zero-order chi connectivity index (χ0) is 23.9. The van der Waals surface area contributed by atoms with E-state index in [4.69, 9.17) is 9.73 Å². The number of carbonyl (C=O) groups excluding carboxylic acids is 1. The van der Waals surface area contributed by atoms with E-state index >= 15 is 0 Å². The molecule has 7 nitrogen and oxygen atoms in total. The lowest BCUT2D eigenvalue weighted by molar-refractivity contribution is 0.106. The number of hydrogen-bond donors (Lipinski definition) is 0. The molecule has 2 amide bonds. The van der Waals surface area contributed by atoms with Gasteiger partial charge >= 0.3 is 6.03 Å². The fourth-order valence-corrected chi connectivity index (χ4v) is 4.65. The van der Waals surface area contributed by atoms with E-state index < -0.39 is 5.54 Å². The monoisotopic (exact) mass is 459 g/mol. The molecule has 5 rings (SSSR count). The maximum Gasteiger partial charge on any atom is 0.326 e. The van der Waals surface area contributed by atoms with Crippen molar-refractivity contribution in [2.45, 2.75) is 18.9 Å². The number of amides is 2. The maximum absolute atomic E-state index is 13.6. The van der Waals surface area contributed by atoms with Gasteiger partial charge < -0.3 is 14.2 Å². The second-order valence-electron chi connectivity index (χ2n) is 8.69. The van der Waals surface area contributed by atoms with Crippen LogP contribution < -0.4 is 4.74 Å². The van der Waals surface area contributed by atoms with E-state index in [0.717, 1.165) is 22.5 Å². The van der Waals surface area contributed by atoms with Crippen LogP contribution in [0, 0.1) is 12.7 Å². The Labute approximate surface area is 197 Å². The van der Waals surface area contributed by atoms with E-state index in [1.807, 2.05) is 48.0 Å². The largest absolute Gasteiger partial charge is 0.495 e. The summed E-state index contributed by atoms with van der Waals surface area (Å²) in [5, 5.41) is 0. The van der Waals surface area contributed by atoms with Crippen molar-refractivity contribution in [3.8, 4) is 11.4 Å². The molecule has 2 aliphatic rings. The number of aromatic nitrogens is 2. The van der Waals surface area contributed by atoms with Gasteiger partial charge in [0.05, 0.1) is 36.9 Å². The molecule has 0 aliphatic carbocycles. The molecule has 1 atom stereocenters. The highest BCUT2D eigenvalue weighted by atomic mass is 19.1. The highest BCUT2D eigenvalue weighted by molar-refractivity contribution is 6.08. The molecule has 1 aromatic heterocycles. The first kappa shape index (κ1) is 21.9. The number of urea groups is 1. The fourth-order valence-electron chi connectivity index (χ4n) is 4.65. The zero-order valence-electron chi connectivity index (χ0n) is 19.4. The van der Waals surface area contributed by atoms with Gasteiger partial charge in [0.15, 0.2) is 0 Å². The van der Waals surface area contributed by atoms with Gasteiger partial charge in [-0.2, -0.15) is 0 Å². The molecule has 34 heavy (non-hydrogen) atoms. The summed E-state index contributed by atoms with van der Waals surface area (Å²) in [5.74, 6) is 1.00. The number of benzene rings is 2. The van der Waals surface area contributed by atoms with E-state index in [0.29, 0.717) is 31.1 Å². The number of nitrogens with zero attached hydrogens (tertiary/aromatic N) is 5. The first-order chi connectivity index (χ1) is 16.4. The molecule has 1 fully saturated rings. The Morgan fingerprint density at radius 3 is 2.65 bits per heavy atom. The third-order valence-electron chi connectivity index (χ3n) is 6.54. The number of aryl methyl sites for hydroxylation is 1. The number of methoxy groups -OCH3 is 1. The number of carbonyl (C=O) groups is 1. The molecule has 8 heteroatoms. The highest BCUT2D eigenvalue weighted by Crippen LogP contribution is 2.41. The molecule has 1 saturated heterocycles. The topological polar surface area (TPSA) is 63.0 Å². The van der Waals surface area contributed by atoms with E-state index in [1.165, 1.54) is 12.1 Å².